The van der Waals surface area contributed by atoms with Crippen LogP contribution in [0.4, 0.5) is 0 Å². The summed E-state index contributed by atoms with van der Waals surface area (Å²) in [6.45, 7) is 6.65. The minimum absolute atomic E-state index is 0.430. The van der Waals surface area contributed by atoms with Gasteiger partial charge in [-0.1, -0.05) is 48.4 Å². The van der Waals surface area contributed by atoms with Crippen LogP contribution in [-0.2, 0) is 0 Å². The van der Waals surface area contributed by atoms with Gasteiger partial charge in [0.05, 0.1) is 0 Å². The molecule has 1 aromatic heterocycles. The van der Waals surface area contributed by atoms with E-state index in [1.807, 2.05) is 39.8 Å². The summed E-state index contributed by atoms with van der Waals surface area (Å²) in [7, 11) is 3.73. The molecule has 1 nitrogen and oxygen atoms in total. The Morgan fingerprint density at radius 2 is 1.54 bits per heavy atom. The Bertz CT molecular complexity index is 167. The Labute approximate surface area is 89.1 Å². The number of nitrogens with zero attached hydrogens (tertiary/aromatic N) is 1. The molecule has 0 aliphatic rings. The van der Waals surface area contributed by atoms with Crippen molar-refractivity contribution in [3.63, 3.8) is 0 Å². The molecule has 0 saturated heterocycles. The molecule has 0 saturated carbocycles. The SMILES string of the molecule is CSSC(C)(C)C.c1ccncc1. The van der Waals surface area contributed by atoms with Crippen LogP contribution in [0.3, 0.4) is 0 Å². The van der Waals surface area contributed by atoms with Crippen LogP contribution in [0, 0.1) is 0 Å². The van der Waals surface area contributed by atoms with Crippen molar-refractivity contribution in [2.75, 3.05) is 6.26 Å². The van der Waals surface area contributed by atoms with E-state index in [1.165, 1.54) is 0 Å². The quantitative estimate of drug-likeness (QED) is 0.660. The van der Waals surface area contributed by atoms with Crippen LogP contribution in [0.1, 0.15) is 20.8 Å². The van der Waals surface area contributed by atoms with Crippen LogP contribution in [0.5, 0.6) is 0 Å². The van der Waals surface area contributed by atoms with Crippen molar-refractivity contribution >= 4 is 21.6 Å². The Kier molecular flexibility index (Phi) is 7.19. The number of rotatable bonds is 1. The van der Waals surface area contributed by atoms with Crippen molar-refractivity contribution in [3.05, 3.63) is 30.6 Å². The maximum Gasteiger partial charge on any atom is 0.0267 e. The smallest absolute Gasteiger partial charge is 0.0267 e. The first kappa shape index (κ1) is 12.8. The van der Waals surface area contributed by atoms with Crippen LogP contribution in [0.25, 0.3) is 0 Å². The second-order valence-electron chi connectivity index (χ2n) is 3.39. The number of aromatic nitrogens is 1. The zero-order valence-corrected chi connectivity index (χ0v) is 10.3. The fourth-order valence-corrected chi connectivity index (χ4v) is 2.56. The molecule has 1 rings (SSSR count). The predicted molar refractivity (Wildman–Crippen MR) is 65.1 cm³/mol. The summed E-state index contributed by atoms with van der Waals surface area (Å²) in [5.74, 6) is 0. The van der Waals surface area contributed by atoms with Gasteiger partial charge in [-0.15, -0.1) is 0 Å². The minimum atomic E-state index is 0.430. The Hall–Kier alpha value is -0.150. The van der Waals surface area contributed by atoms with Gasteiger partial charge in [0.25, 0.3) is 0 Å². The first-order valence-electron chi connectivity index (χ1n) is 4.13. The zero-order chi connectivity index (χ0) is 10.2. The molecule has 0 fully saturated rings. The molecule has 13 heavy (non-hydrogen) atoms. The summed E-state index contributed by atoms with van der Waals surface area (Å²) in [4.78, 5) is 3.78. The van der Waals surface area contributed by atoms with Gasteiger partial charge in [0.15, 0.2) is 0 Å². The largest absolute Gasteiger partial charge is 0.265 e. The second kappa shape index (κ2) is 7.27. The molecule has 3 heteroatoms. The summed E-state index contributed by atoms with van der Waals surface area (Å²) >= 11 is 0. The predicted octanol–water partition coefficient (Wildman–Crippen LogP) is 3.88. The van der Waals surface area contributed by atoms with E-state index < -0.39 is 0 Å². The van der Waals surface area contributed by atoms with Gasteiger partial charge in [-0.3, -0.25) is 4.98 Å². The van der Waals surface area contributed by atoms with Gasteiger partial charge < -0.3 is 0 Å². The summed E-state index contributed by atoms with van der Waals surface area (Å²) in [6, 6.07) is 5.72. The van der Waals surface area contributed by atoms with Gasteiger partial charge >= 0.3 is 0 Å². The van der Waals surface area contributed by atoms with Gasteiger partial charge in [-0.05, 0) is 18.4 Å². The van der Waals surface area contributed by atoms with Crippen molar-refractivity contribution in [1.29, 1.82) is 0 Å². The van der Waals surface area contributed by atoms with Crippen LogP contribution in [-0.4, -0.2) is 16.0 Å². The Morgan fingerprint density at radius 1 is 1.00 bits per heavy atom. The molecule has 0 atom stereocenters. The Balaban J connectivity index is 0.000000223. The molecule has 0 unspecified atom stereocenters. The molecular formula is C10H17NS2. The van der Waals surface area contributed by atoms with E-state index >= 15 is 0 Å². The third-order valence-corrected chi connectivity index (χ3v) is 3.57. The topological polar surface area (TPSA) is 12.9 Å². The first-order valence-corrected chi connectivity index (χ1v) is 6.69. The maximum absolute atomic E-state index is 3.78. The highest BCUT2D eigenvalue weighted by atomic mass is 33.1. The van der Waals surface area contributed by atoms with Crippen LogP contribution >= 0.6 is 21.6 Å². The summed E-state index contributed by atoms with van der Waals surface area (Å²) in [6.07, 6.45) is 5.61. The summed E-state index contributed by atoms with van der Waals surface area (Å²) in [5, 5.41) is 0. The van der Waals surface area contributed by atoms with Gasteiger partial charge in [0.2, 0.25) is 0 Å². The highest BCUT2D eigenvalue weighted by Gasteiger charge is 2.07. The van der Waals surface area contributed by atoms with E-state index in [1.54, 1.807) is 12.4 Å². The van der Waals surface area contributed by atoms with Gasteiger partial charge in [-0.25, -0.2) is 0 Å². The molecule has 0 N–H and O–H groups in total. The van der Waals surface area contributed by atoms with Crippen molar-refractivity contribution in [2.24, 2.45) is 0 Å². The van der Waals surface area contributed by atoms with Crippen LogP contribution in [0.2, 0.25) is 0 Å². The van der Waals surface area contributed by atoms with Crippen LogP contribution in [0.15, 0.2) is 30.6 Å². The minimum Gasteiger partial charge on any atom is -0.265 e. The van der Waals surface area contributed by atoms with Crippen molar-refractivity contribution in [1.82, 2.24) is 4.98 Å². The molecule has 0 aliphatic heterocycles. The molecule has 0 radical (unpaired) electrons. The number of pyridine rings is 1. The van der Waals surface area contributed by atoms with E-state index in [4.69, 9.17) is 0 Å². The summed E-state index contributed by atoms with van der Waals surface area (Å²) < 4.78 is 0.430. The summed E-state index contributed by atoms with van der Waals surface area (Å²) in [5.41, 5.74) is 0. The molecule has 0 amide bonds. The van der Waals surface area contributed by atoms with E-state index in [0.29, 0.717) is 4.75 Å². The highest BCUT2D eigenvalue weighted by molar-refractivity contribution is 8.76. The molecule has 0 bridgehead atoms. The lowest BCUT2D eigenvalue weighted by atomic mass is 10.3. The third-order valence-electron chi connectivity index (χ3n) is 0.900. The lowest BCUT2D eigenvalue weighted by Crippen LogP contribution is -2.03. The third kappa shape index (κ3) is 11.9. The average Bonchev–Trinajstić information content (AvgIpc) is 2.06. The monoisotopic (exact) mass is 215 g/mol. The first-order chi connectivity index (χ1) is 6.06. The average molecular weight is 215 g/mol. The zero-order valence-electron chi connectivity index (χ0n) is 8.65. The van der Waals surface area contributed by atoms with Crippen molar-refractivity contribution in [3.8, 4) is 0 Å². The van der Waals surface area contributed by atoms with Crippen LogP contribution < -0.4 is 0 Å². The lowest BCUT2D eigenvalue weighted by Gasteiger charge is -2.13. The molecule has 0 aromatic carbocycles. The molecular weight excluding hydrogens is 198 g/mol. The van der Waals surface area contributed by atoms with E-state index in [9.17, 15) is 0 Å². The standard InChI is InChI=1S/C5H5N.C5H12S2/c1-2-4-6-5-3-1;1-5(2,3)7-6-4/h1-5H;1-4H3. The lowest BCUT2D eigenvalue weighted by molar-refractivity contribution is 0.810. The second-order valence-corrected chi connectivity index (χ2v) is 6.61. The van der Waals surface area contributed by atoms with Gasteiger partial charge in [-0.2, -0.15) is 0 Å². The molecule has 1 aromatic rings. The maximum atomic E-state index is 3.78. The molecule has 0 spiro atoms. The van der Waals surface area contributed by atoms with Gasteiger partial charge in [0.1, 0.15) is 0 Å². The number of hydrogen-bond acceptors (Lipinski definition) is 3. The van der Waals surface area contributed by atoms with E-state index in [0.717, 1.165) is 0 Å². The van der Waals surface area contributed by atoms with E-state index in [2.05, 4.69) is 32.0 Å². The highest BCUT2D eigenvalue weighted by Crippen LogP contribution is 2.32. The normalized spacial score (nSPS) is 10.2. The fraction of sp³-hybridized carbons (Fsp3) is 0.500. The molecule has 0 aliphatic carbocycles. The van der Waals surface area contributed by atoms with Gasteiger partial charge in [0, 0.05) is 17.1 Å². The van der Waals surface area contributed by atoms with Crippen molar-refractivity contribution < 1.29 is 0 Å². The van der Waals surface area contributed by atoms with E-state index in [-0.39, 0.29) is 0 Å². The molecule has 1 heterocycles. The molecule has 74 valence electrons. The fourth-order valence-electron chi connectivity index (χ4n) is 0.563. The van der Waals surface area contributed by atoms with Crippen molar-refractivity contribution in [2.45, 2.75) is 25.5 Å². The number of hydrogen-bond donors (Lipinski definition) is 0. The Morgan fingerprint density at radius 3 is 1.62 bits per heavy atom.